The van der Waals surface area contributed by atoms with E-state index >= 15 is 0 Å². The molecule has 29 heavy (non-hydrogen) atoms. The van der Waals surface area contributed by atoms with Crippen molar-refractivity contribution in [2.45, 2.75) is 34.2 Å². The smallest absolute Gasteiger partial charge is 0.274 e. The zero-order valence-electron chi connectivity index (χ0n) is 17.5. The molecule has 1 amide bonds. The Bertz CT molecular complexity index is 951. The lowest BCUT2D eigenvalue weighted by Gasteiger charge is -2.26. The van der Waals surface area contributed by atoms with Crippen molar-refractivity contribution in [3.8, 4) is 11.5 Å². The van der Waals surface area contributed by atoms with E-state index < -0.39 is 5.91 Å². The fourth-order valence-corrected chi connectivity index (χ4v) is 3.50. The SMILES string of the molecule is CC(C)CN(Cc1ccc(-c2nc3cc(C(=O)NO)ccc3o2)cc1)CC(C)C. The average Bonchev–Trinajstić information content (AvgIpc) is 3.10. The monoisotopic (exact) mass is 395 g/mol. The van der Waals surface area contributed by atoms with E-state index in [1.165, 1.54) is 5.56 Å². The van der Waals surface area contributed by atoms with E-state index in [0.29, 0.717) is 34.4 Å². The van der Waals surface area contributed by atoms with Crippen LogP contribution >= 0.6 is 0 Å². The topological polar surface area (TPSA) is 78.6 Å². The minimum atomic E-state index is -0.576. The summed E-state index contributed by atoms with van der Waals surface area (Å²) in [6.07, 6.45) is 0. The second-order valence-electron chi connectivity index (χ2n) is 8.32. The first-order valence-corrected chi connectivity index (χ1v) is 10.0. The molecule has 0 saturated carbocycles. The molecule has 0 fully saturated rings. The first-order valence-electron chi connectivity index (χ1n) is 10.0. The zero-order valence-corrected chi connectivity index (χ0v) is 17.5. The number of nitrogens with zero attached hydrogens (tertiary/aromatic N) is 2. The highest BCUT2D eigenvalue weighted by molar-refractivity contribution is 5.96. The number of nitrogens with one attached hydrogen (secondary N) is 1. The van der Waals surface area contributed by atoms with Gasteiger partial charge in [-0.15, -0.1) is 0 Å². The molecule has 3 aromatic rings. The van der Waals surface area contributed by atoms with Crippen LogP contribution in [-0.2, 0) is 6.54 Å². The van der Waals surface area contributed by atoms with Crippen LogP contribution in [0, 0.1) is 11.8 Å². The normalized spacial score (nSPS) is 11.7. The predicted molar refractivity (Wildman–Crippen MR) is 114 cm³/mol. The summed E-state index contributed by atoms with van der Waals surface area (Å²) in [4.78, 5) is 18.6. The van der Waals surface area contributed by atoms with Crippen molar-refractivity contribution in [3.05, 3.63) is 53.6 Å². The molecule has 0 saturated heterocycles. The average molecular weight is 396 g/mol. The lowest BCUT2D eigenvalue weighted by atomic mass is 10.1. The van der Waals surface area contributed by atoms with Crippen LogP contribution in [0.15, 0.2) is 46.9 Å². The van der Waals surface area contributed by atoms with Crippen LogP contribution < -0.4 is 5.48 Å². The van der Waals surface area contributed by atoms with Gasteiger partial charge in [0.15, 0.2) is 5.58 Å². The van der Waals surface area contributed by atoms with E-state index in [1.54, 1.807) is 23.7 Å². The number of hydrogen-bond acceptors (Lipinski definition) is 5. The van der Waals surface area contributed by atoms with Crippen LogP contribution in [0.1, 0.15) is 43.6 Å². The van der Waals surface area contributed by atoms with Gasteiger partial charge in [0.25, 0.3) is 5.91 Å². The number of hydrogen-bond donors (Lipinski definition) is 2. The van der Waals surface area contributed by atoms with Gasteiger partial charge in [0.1, 0.15) is 5.52 Å². The van der Waals surface area contributed by atoms with Gasteiger partial charge in [0.2, 0.25) is 5.89 Å². The van der Waals surface area contributed by atoms with Gasteiger partial charge in [0.05, 0.1) is 0 Å². The lowest BCUT2D eigenvalue weighted by Crippen LogP contribution is -2.30. The highest BCUT2D eigenvalue weighted by atomic mass is 16.5. The number of amides is 1. The molecule has 0 atom stereocenters. The summed E-state index contributed by atoms with van der Waals surface area (Å²) in [5.41, 5.74) is 5.27. The van der Waals surface area contributed by atoms with Crippen LogP contribution in [0.4, 0.5) is 0 Å². The van der Waals surface area contributed by atoms with Crippen molar-refractivity contribution < 1.29 is 14.4 Å². The predicted octanol–water partition coefficient (Wildman–Crippen LogP) is 4.73. The van der Waals surface area contributed by atoms with Crippen molar-refractivity contribution >= 4 is 17.0 Å². The fraction of sp³-hybridized carbons (Fsp3) is 0.391. The molecule has 0 aliphatic heterocycles. The molecule has 2 aromatic carbocycles. The molecule has 0 aliphatic rings. The van der Waals surface area contributed by atoms with Crippen molar-refractivity contribution in [2.75, 3.05) is 13.1 Å². The Kier molecular flexibility index (Phi) is 6.67. The standard InChI is InChI=1S/C23H29N3O3/c1-15(2)12-26(13-16(3)4)14-17-5-7-18(8-6-17)23-24-20-11-19(22(27)25-28)9-10-21(20)29-23/h5-11,15-16,28H,12-14H2,1-4H3,(H,25,27). The Labute approximate surface area is 171 Å². The van der Waals surface area contributed by atoms with Crippen molar-refractivity contribution in [3.63, 3.8) is 0 Å². The zero-order chi connectivity index (χ0) is 21.0. The van der Waals surface area contributed by atoms with Crippen molar-refractivity contribution in [1.29, 1.82) is 0 Å². The second-order valence-corrected chi connectivity index (χ2v) is 8.32. The highest BCUT2D eigenvalue weighted by Gasteiger charge is 2.13. The van der Waals surface area contributed by atoms with Crippen LogP contribution in [0.25, 0.3) is 22.6 Å². The fourth-order valence-electron chi connectivity index (χ4n) is 3.50. The Morgan fingerprint density at radius 2 is 1.72 bits per heavy atom. The van der Waals surface area contributed by atoms with Crippen LogP contribution in [0.5, 0.6) is 0 Å². The van der Waals surface area contributed by atoms with E-state index in [-0.39, 0.29) is 0 Å². The molecule has 1 aromatic heterocycles. The summed E-state index contributed by atoms with van der Waals surface area (Å²) in [5.74, 6) is 1.19. The first-order chi connectivity index (χ1) is 13.9. The number of oxazole rings is 1. The maximum atomic E-state index is 11.6. The molecule has 1 heterocycles. The van der Waals surface area contributed by atoms with Crippen LogP contribution in [-0.4, -0.2) is 34.1 Å². The Balaban J connectivity index is 1.77. The van der Waals surface area contributed by atoms with Crippen molar-refractivity contribution in [2.24, 2.45) is 11.8 Å². The third-order valence-electron chi connectivity index (χ3n) is 4.61. The number of fused-ring (bicyclic) bond motifs is 1. The van der Waals surface area contributed by atoms with Gasteiger partial charge in [-0.3, -0.25) is 14.9 Å². The first kappa shape index (κ1) is 21.0. The van der Waals surface area contributed by atoms with E-state index in [1.807, 2.05) is 12.1 Å². The summed E-state index contributed by atoms with van der Waals surface area (Å²) in [7, 11) is 0. The van der Waals surface area contributed by atoms with Gasteiger partial charge in [-0.2, -0.15) is 0 Å². The summed E-state index contributed by atoms with van der Waals surface area (Å²) in [6.45, 7) is 12.1. The quantitative estimate of drug-likeness (QED) is 0.426. The number of hydroxylamine groups is 1. The van der Waals surface area contributed by atoms with Crippen LogP contribution in [0.3, 0.4) is 0 Å². The molecule has 0 unspecified atom stereocenters. The molecule has 6 nitrogen and oxygen atoms in total. The third-order valence-corrected chi connectivity index (χ3v) is 4.61. The van der Waals surface area contributed by atoms with Crippen LogP contribution in [0.2, 0.25) is 0 Å². The highest BCUT2D eigenvalue weighted by Crippen LogP contribution is 2.25. The van der Waals surface area contributed by atoms with E-state index in [9.17, 15) is 4.79 Å². The van der Waals surface area contributed by atoms with E-state index in [2.05, 4.69) is 49.7 Å². The van der Waals surface area contributed by atoms with Gasteiger partial charge >= 0.3 is 0 Å². The summed E-state index contributed by atoms with van der Waals surface area (Å²) in [6, 6.07) is 13.1. The van der Waals surface area contributed by atoms with Gasteiger partial charge in [-0.1, -0.05) is 39.8 Å². The Hall–Kier alpha value is -2.70. The summed E-state index contributed by atoms with van der Waals surface area (Å²) >= 11 is 0. The van der Waals surface area contributed by atoms with E-state index in [0.717, 1.165) is 25.2 Å². The molecule has 0 radical (unpaired) electrons. The Morgan fingerprint density at radius 3 is 2.31 bits per heavy atom. The number of aromatic nitrogens is 1. The Morgan fingerprint density at radius 1 is 1.07 bits per heavy atom. The minimum absolute atomic E-state index is 0.325. The molecule has 2 N–H and O–H groups in total. The number of carbonyl (C=O) groups is 1. The molecule has 0 bridgehead atoms. The van der Waals surface area contributed by atoms with Gasteiger partial charge < -0.3 is 4.42 Å². The molecule has 6 heteroatoms. The molecule has 3 rings (SSSR count). The molecule has 0 spiro atoms. The number of rotatable bonds is 8. The molecular weight excluding hydrogens is 366 g/mol. The lowest BCUT2D eigenvalue weighted by molar-refractivity contribution is 0.0706. The van der Waals surface area contributed by atoms with E-state index in [4.69, 9.17) is 9.62 Å². The largest absolute Gasteiger partial charge is 0.436 e. The molecular formula is C23H29N3O3. The number of benzene rings is 2. The maximum Gasteiger partial charge on any atom is 0.274 e. The molecule has 0 aliphatic carbocycles. The summed E-state index contributed by atoms with van der Waals surface area (Å²) < 4.78 is 5.83. The van der Waals surface area contributed by atoms with Crippen molar-refractivity contribution in [1.82, 2.24) is 15.4 Å². The molecule has 154 valence electrons. The maximum absolute atomic E-state index is 11.6. The summed E-state index contributed by atoms with van der Waals surface area (Å²) in [5, 5.41) is 8.78. The van der Waals surface area contributed by atoms with Gasteiger partial charge in [-0.25, -0.2) is 10.5 Å². The second kappa shape index (κ2) is 9.20. The number of carbonyl (C=O) groups excluding carboxylic acids is 1. The van der Waals surface area contributed by atoms with Gasteiger partial charge in [-0.05, 0) is 47.7 Å². The third kappa shape index (κ3) is 5.43. The minimum Gasteiger partial charge on any atom is -0.436 e. The van der Waals surface area contributed by atoms with Gasteiger partial charge in [0, 0.05) is 30.8 Å².